The summed E-state index contributed by atoms with van der Waals surface area (Å²) in [6, 6.07) is 7.70. The van der Waals surface area contributed by atoms with Crippen LogP contribution in [0.15, 0.2) is 30.5 Å². The number of carbonyl (C=O) groups excluding carboxylic acids is 1. The average Bonchev–Trinajstić information content (AvgIpc) is 2.96. The number of carbonyl (C=O) groups is 1. The summed E-state index contributed by atoms with van der Waals surface area (Å²) >= 11 is 0. The first kappa shape index (κ1) is 14.6. The molecule has 2 aromatic heterocycles. The van der Waals surface area contributed by atoms with Crippen LogP contribution < -0.4 is 10.6 Å². The highest BCUT2D eigenvalue weighted by molar-refractivity contribution is 5.95. The van der Waals surface area contributed by atoms with E-state index in [0.717, 1.165) is 40.3 Å². The third kappa shape index (κ3) is 2.38. The minimum absolute atomic E-state index is 0.00148. The Morgan fingerprint density at radius 2 is 2.17 bits per heavy atom. The van der Waals surface area contributed by atoms with Crippen LogP contribution in [0.3, 0.4) is 0 Å². The summed E-state index contributed by atoms with van der Waals surface area (Å²) < 4.78 is 1.74. The topological polar surface area (TPSA) is 84.7 Å². The molecule has 1 unspecified atom stereocenters. The highest BCUT2D eigenvalue weighted by Crippen LogP contribution is 2.33. The van der Waals surface area contributed by atoms with Crippen molar-refractivity contribution in [3.63, 3.8) is 0 Å². The Morgan fingerprint density at radius 3 is 3.00 bits per heavy atom. The predicted octanol–water partition coefficient (Wildman–Crippen LogP) is 2.42. The number of nitrogens with zero attached hydrogens (tertiary/aromatic N) is 4. The van der Waals surface area contributed by atoms with Gasteiger partial charge in [0.1, 0.15) is 11.6 Å². The van der Waals surface area contributed by atoms with Crippen LogP contribution in [0.1, 0.15) is 30.8 Å². The monoisotopic (exact) mass is 322 g/mol. The summed E-state index contributed by atoms with van der Waals surface area (Å²) in [6.07, 6.45) is 2.85. The van der Waals surface area contributed by atoms with Crippen molar-refractivity contribution in [1.29, 1.82) is 0 Å². The van der Waals surface area contributed by atoms with E-state index in [1.807, 2.05) is 38.2 Å². The Hall–Kier alpha value is -2.96. The molecule has 0 spiro atoms. The van der Waals surface area contributed by atoms with Gasteiger partial charge in [-0.25, -0.2) is 9.97 Å². The van der Waals surface area contributed by atoms with Crippen molar-refractivity contribution >= 4 is 28.4 Å². The normalized spacial score (nSPS) is 16.8. The molecule has 3 heterocycles. The van der Waals surface area contributed by atoms with Gasteiger partial charge in [-0.05, 0) is 11.6 Å². The van der Waals surface area contributed by atoms with E-state index in [1.54, 1.807) is 10.9 Å². The van der Waals surface area contributed by atoms with Crippen molar-refractivity contribution in [2.75, 3.05) is 10.6 Å². The van der Waals surface area contributed by atoms with Gasteiger partial charge in [0.15, 0.2) is 5.65 Å². The number of amides is 1. The summed E-state index contributed by atoms with van der Waals surface area (Å²) in [5.41, 5.74) is 2.70. The molecule has 0 fully saturated rings. The van der Waals surface area contributed by atoms with Crippen molar-refractivity contribution in [1.82, 2.24) is 19.7 Å². The fraction of sp³-hybridized carbons (Fsp3) is 0.294. The minimum atomic E-state index is -0.127. The first-order valence-electron chi connectivity index (χ1n) is 7.99. The SMILES string of the molecule is CCc1nc(NC2CC(=O)Nc3ccccc32)c2cnn(C)c2n1. The summed E-state index contributed by atoms with van der Waals surface area (Å²) in [6.45, 7) is 2.02. The van der Waals surface area contributed by atoms with Gasteiger partial charge in [0.25, 0.3) is 0 Å². The van der Waals surface area contributed by atoms with Gasteiger partial charge >= 0.3 is 0 Å². The number of para-hydroxylation sites is 1. The first-order chi connectivity index (χ1) is 11.7. The summed E-state index contributed by atoms with van der Waals surface area (Å²) in [5.74, 6) is 1.47. The Balaban J connectivity index is 1.78. The molecule has 1 aromatic carbocycles. The quantitative estimate of drug-likeness (QED) is 0.773. The molecule has 3 aromatic rings. The number of aromatic nitrogens is 4. The van der Waals surface area contributed by atoms with Gasteiger partial charge in [-0.1, -0.05) is 25.1 Å². The Kier molecular flexibility index (Phi) is 3.41. The molecular weight excluding hydrogens is 304 g/mol. The molecule has 1 aliphatic rings. The van der Waals surface area contributed by atoms with E-state index in [1.165, 1.54) is 0 Å². The van der Waals surface area contributed by atoms with Crippen LogP contribution in [0, 0.1) is 0 Å². The lowest BCUT2D eigenvalue weighted by Crippen LogP contribution is -2.27. The van der Waals surface area contributed by atoms with Crippen LogP contribution in [0.2, 0.25) is 0 Å². The number of fused-ring (bicyclic) bond motifs is 2. The smallest absolute Gasteiger partial charge is 0.226 e. The molecule has 4 rings (SSSR count). The molecule has 7 heteroatoms. The lowest BCUT2D eigenvalue weighted by molar-refractivity contribution is -0.116. The largest absolute Gasteiger partial charge is 0.362 e. The van der Waals surface area contributed by atoms with Crippen molar-refractivity contribution in [3.05, 3.63) is 41.9 Å². The fourth-order valence-electron chi connectivity index (χ4n) is 3.04. The number of aryl methyl sites for hydroxylation is 2. The number of hydrogen-bond acceptors (Lipinski definition) is 5. The maximum absolute atomic E-state index is 12.0. The second kappa shape index (κ2) is 5.59. The van der Waals surface area contributed by atoms with Crippen LogP contribution in [-0.2, 0) is 18.3 Å². The molecule has 0 bridgehead atoms. The molecule has 2 N–H and O–H groups in total. The Morgan fingerprint density at radius 1 is 1.33 bits per heavy atom. The summed E-state index contributed by atoms with van der Waals surface area (Å²) in [7, 11) is 1.86. The molecular formula is C17H18N6O. The van der Waals surface area contributed by atoms with Crippen molar-refractivity contribution in [2.45, 2.75) is 25.8 Å². The third-order valence-electron chi connectivity index (χ3n) is 4.27. The molecule has 7 nitrogen and oxygen atoms in total. The lowest BCUT2D eigenvalue weighted by Gasteiger charge is -2.27. The fourth-order valence-corrected chi connectivity index (χ4v) is 3.04. The number of hydrogen-bond donors (Lipinski definition) is 2. The van der Waals surface area contributed by atoms with E-state index >= 15 is 0 Å². The van der Waals surface area contributed by atoms with Gasteiger partial charge in [0, 0.05) is 19.2 Å². The minimum Gasteiger partial charge on any atom is -0.362 e. The summed E-state index contributed by atoms with van der Waals surface area (Å²) in [5, 5.41) is 11.5. The summed E-state index contributed by atoms with van der Waals surface area (Å²) in [4.78, 5) is 21.2. The van der Waals surface area contributed by atoms with Crippen LogP contribution in [0.5, 0.6) is 0 Å². The number of benzene rings is 1. The molecule has 0 radical (unpaired) electrons. The van der Waals surface area contributed by atoms with Gasteiger partial charge in [-0.15, -0.1) is 0 Å². The Bertz CT molecular complexity index is 932. The van der Waals surface area contributed by atoms with Gasteiger partial charge < -0.3 is 10.6 Å². The predicted molar refractivity (Wildman–Crippen MR) is 91.7 cm³/mol. The van der Waals surface area contributed by atoms with E-state index in [9.17, 15) is 4.79 Å². The van der Waals surface area contributed by atoms with Gasteiger partial charge in [-0.3, -0.25) is 9.48 Å². The number of rotatable bonds is 3. The van der Waals surface area contributed by atoms with Crippen LogP contribution in [0.25, 0.3) is 11.0 Å². The van der Waals surface area contributed by atoms with Crippen molar-refractivity contribution in [2.24, 2.45) is 7.05 Å². The van der Waals surface area contributed by atoms with Crippen LogP contribution >= 0.6 is 0 Å². The van der Waals surface area contributed by atoms with Gasteiger partial charge in [-0.2, -0.15) is 5.10 Å². The highest BCUT2D eigenvalue weighted by Gasteiger charge is 2.26. The zero-order valence-corrected chi connectivity index (χ0v) is 13.6. The zero-order chi connectivity index (χ0) is 16.7. The van der Waals surface area contributed by atoms with E-state index < -0.39 is 0 Å². The lowest BCUT2D eigenvalue weighted by atomic mass is 9.97. The molecule has 0 saturated heterocycles. The first-order valence-corrected chi connectivity index (χ1v) is 7.99. The third-order valence-corrected chi connectivity index (χ3v) is 4.27. The van der Waals surface area contributed by atoms with E-state index in [4.69, 9.17) is 0 Å². The average molecular weight is 322 g/mol. The second-order valence-corrected chi connectivity index (χ2v) is 5.88. The number of anilines is 2. The molecule has 1 atom stereocenters. The number of nitrogens with one attached hydrogen (secondary N) is 2. The molecule has 0 saturated carbocycles. The van der Waals surface area contributed by atoms with E-state index in [2.05, 4.69) is 25.7 Å². The van der Waals surface area contributed by atoms with Gasteiger partial charge in [0.05, 0.1) is 24.0 Å². The second-order valence-electron chi connectivity index (χ2n) is 5.88. The Labute approximate surface area is 139 Å². The highest BCUT2D eigenvalue weighted by atomic mass is 16.1. The molecule has 0 aliphatic carbocycles. The standard InChI is InChI=1S/C17H18N6O/c1-3-14-21-16(11-9-18-23(2)17(11)22-14)20-13-8-15(24)19-12-7-5-4-6-10(12)13/h4-7,9,13H,3,8H2,1-2H3,(H,19,24)(H,20,21,22). The molecule has 1 aliphatic heterocycles. The zero-order valence-electron chi connectivity index (χ0n) is 13.6. The van der Waals surface area contributed by atoms with Gasteiger partial charge in [0.2, 0.25) is 5.91 Å². The maximum atomic E-state index is 12.0. The maximum Gasteiger partial charge on any atom is 0.226 e. The van der Waals surface area contributed by atoms with Crippen molar-refractivity contribution < 1.29 is 4.79 Å². The van der Waals surface area contributed by atoms with Crippen molar-refractivity contribution in [3.8, 4) is 0 Å². The molecule has 1 amide bonds. The van der Waals surface area contributed by atoms with Crippen LogP contribution in [0.4, 0.5) is 11.5 Å². The van der Waals surface area contributed by atoms with E-state index in [0.29, 0.717) is 6.42 Å². The van der Waals surface area contributed by atoms with Crippen LogP contribution in [-0.4, -0.2) is 25.7 Å². The molecule has 122 valence electrons. The molecule has 24 heavy (non-hydrogen) atoms. The van der Waals surface area contributed by atoms with E-state index in [-0.39, 0.29) is 11.9 Å².